The number of carbonyl (C=O) groups excluding carboxylic acids is 1. The molecule has 1 atom stereocenters. The summed E-state index contributed by atoms with van der Waals surface area (Å²) in [4.78, 5) is 11.7. The molecule has 0 saturated carbocycles. The van der Waals surface area contributed by atoms with Gasteiger partial charge in [0.25, 0.3) is 0 Å². The number of hydrogen-bond acceptors (Lipinski definition) is 1. The van der Waals surface area contributed by atoms with Crippen molar-refractivity contribution in [3.63, 3.8) is 0 Å². The molecule has 0 heterocycles. The molecule has 0 aromatic heterocycles. The Labute approximate surface area is 104 Å². The van der Waals surface area contributed by atoms with E-state index < -0.39 is 5.82 Å². The van der Waals surface area contributed by atoms with Crippen molar-refractivity contribution in [2.75, 3.05) is 5.32 Å². The molecule has 2 rings (SSSR count). The maximum atomic E-state index is 13.4. The van der Waals surface area contributed by atoms with E-state index in [0.717, 1.165) is 12.8 Å². The Morgan fingerprint density at radius 3 is 3.00 bits per heavy atom. The van der Waals surface area contributed by atoms with Gasteiger partial charge >= 0.3 is 0 Å². The van der Waals surface area contributed by atoms with Gasteiger partial charge in [-0.1, -0.05) is 23.8 Å². The molecule has 1 aromatic rings. The molecule has 17 heavy (non-hydrogen) atoms. The zero-order valence-electron chi connectivity index (χ0n) is 9.25. The first-order valence-electron chi connectivity index (χ1n) is 5.57. The number of allylic oxidation sites excluding steroid dienone is 2. The van der Waals surface area contributed by atoms with Gasteiger partial charge in [0.2, 0.25) is 5.91 Å². The molecular weight excluding hydrogens is 241 g/mol. The summed E-state index contributed by atoms with van der Waals surface area (Å²) in [5, 5.41) is 2.88. The fraction of sp³-hybridized carbons (Fsp3) is 0.308. The molecule has 0 radical (unpaired) electrons. The lowest BCUT2D eigenvalue weighted by molar-refractivity contribution is -0.116. The van der Waals surface area contributed by atoms with E-state index in [1.807, 2.05) is 6.08 Å². The van der Waals surface area contributed by atoms with Crippen LogP contribution in [-0.2, 0) is 4.79 Å². The van der Waals surface area contributed by atoms with E-state index in [2.05, 4.69) is 11.4 Å². The number of halogens is 2. The fourth-order valence-corrected chi connectivity index (χ4v) is 2.05. The van der Waals surface area contributed by atoms with Crippen molar-refractivity contribution in [2.45, 2.75) is 19.3 Å². The van der Waals surface area contributed by atoms with Crippen molar-refractivity contribution in [1.29, 1.82) is 0 Å². The van der Waals surface area contributed by atoms with Gasteiger partial charge < -0.3 is 5.32 Å². The minimum absolute atomic E-state index is 0.164. The van der Waals surface area contributed by atoms with E-state index in [1.165, 1.54) is 12.1 Å². The van der Waals surface area contributed by atoms with Gasteiger partial charge in [0.1, 0.15) is 5.82 Å². The van der Waals surface area contributed by atoms with Gasteiger partial charge in [-0.15, -0.1) is 0 Å². The first kappa shape index (κ1) is 12.1. The average Bonchev–Trinajstić information content (AvgIpc) is 2.75. The van der Waals surface area contributed by atoms with Crippen LogP contribution < -0.4 is 5.32 Å². The van der Waals surface area contributed by atoms with Crippen molar-refractivity contribution in [3.05, 3.63) is 41.2 Å². The molecule has 2 nitrogen and oxygen atoms in total. The third-order valence-electron chi connectivity index (χ3n) is 2.77. The zero-order valence-corrected chi connectivity index (χ0v) is 10.0. The van der Waals surface area contributed by atoms with Crippen molar-refractivity contribution < 1.29 is 9.18 Å². The minimum Gasteiger partial charge on any atom is -0.324 e. The highest BCUT2D eigenvalue weighted by Gasteiger charge is 2.15. The van der Waals surface area contributed by atoms with Gasteiger partial charge in [0.05, 0.1) is 5.69 Å². The van der Waals surface area contributed by atoms with Gasteiger partial charge in [-0.3, -0.25) is 4.79 Å². The first-order valence-corrected chi connectivity index (χ1v) is 5.94. The molecule has 1 amide bonds. The van der Waals surface area contributed by atoms with Gasteiger partial charge in [0.15, 0.2) is 0 Å². The van der Waals surface area contributed by atoms with Crippen molar-refractivity contribution in [1.82, 2.24) is 0 Å². The Morgan fingerprint density at radius 2 is 2.35 bits per heavy atom. The largest absolute Gasteiger partial charge is 0.324 e. The Kier molecular flexibility index (Phi) is 3.79. The van der Waals surface area contributed by atoms with Crippen LogP contribution in [0.25, 0.3) is 0 Å². The molecule has 1 aliphatic rings. The Bertz CT molecular complexity index is 459. The molecule has 0 unspecified atom stereocenters. The molecule has 1 aliphatic carbocycles. The molecule has 0 bridgehead atoms. The van der Waals surface area contributed by atoms with Crippen LogP contribution in [0, 0.1) is 11.7 Å². The zero-order chi connectivity index (χ0) is 12.3. The van der Waals surface area contributed by atoms with Crippen molar-refractivity contribution >= 4 is 23.2 Å². The van der Waals surface area contributed by atoms with Crippen molar-refractivity contribution in [2.24, 2.45) is 5.92 Å². The normalized spacial score (nSPS) is 18.4. The summed E-state index contributed by atoms with van der Waals surface area (Å²) < 4.78 is 13.4. The van der Waals surface area contributed by atoms with Crippen LogP contribution >= 0.6 is 11.6 Å². The van der Waals surface area contributed by atoms with Crippen LogP contribution in [0.1, 0.15) is 19.3 Å². The van der Waals surface area contributed by atoms with Gasteiger partial charge in [-0.2, -0.15) is 0 Å². The lowest BCUT2D eigenvalue weighted by atomic mass is 10.1. The smallest absolute Gasteiger partial charge is 0.225 e. The van der Waals surface area contributed by atoms with Gasteiger partial charge in [-0.05, 0) is 37.0 Å². The molecule has 0 fully saturated rings. The third kappa shape index (κ3) is 3.30. The van der Waals surface area contributed by atoms with Crippen LogP contribution in [0.15, 0.2) is 30.4 Å². The van der Waals surface area contributed by atoms with Gasteiger partial charge in [-0.25, -0.2) is 4.39 Å². The SMILES string of the molecule is O=C(C[C@@H]1C=CCC1)Nc1ccc(Cl)cc1F. The van der Waals surface area contributed by atoms with E-state index in [-0.39, 0.29) is 17.5 Å². The predicted octanol–water partition coefficient (Wildman–Crippen LogP) is 3.77. The number of rotatable bonds is 3. The number of anilines is 1. The highest BCUT2D eigenvalue weighted by Crippen LogP contribution is 2.22. The quantitative estimate of drug-likeness (QED) is 0.817. The third-order valence-corrected chi connectivity index (χ3v) is 3.00. The van der Waals surface area contributed by atoms with Crippen LogP contribution in [0.2, 0.25) is 5.02 Å². The minimum atomic E-state index is -0.507. The molecule has 4 heteroatoms. The highest BCUT2D eigenvalue weighted by molar-refractivity contribution is 6.30. The number of amides is 1. The maximum absolute atomic E-state index is 13.4. The second-order valence-corrected chi connectivity index (χ2v) is 4.58. The fourth-order valence-electron chi connectivity index (χ4n) is 1.90. The van der Waals surface area contributed by atoms with E-state index in [9.17, 15) is 9.18 Å². The second-order valence-electron chi connectivity index (χ2n) is 4.14. The van der Waals surface area contributed by atoms with E-state index in [1.54, 1.807) is 6.07 Å². The van der Waals surface area contributed by atoms with Crippen LogP contribution in [-0.4, -0.2) is 5.91 Å². The predicted molar refractivity (Wildman–Crippen MR) is 66.5 cm³/mol. The number of nitrogens with one attached hydrogen (secondary N) is 1. The maximum Gasteiger partial charge on any atom is 0.225 e. The highest BCUT2D eigenvalue weighted by atomic mass is 35.5. The van der Waals surface area contributed by atoms with Crippen LogP contribution in [0.3, 0.4) is 0 Å². The van der Waals surface area contributed by atoms with Crippen LogP contribution in [0.4, 0.5) is 10.1 Å². The van der Waals surface area contributed by atoms with E-state index in [0.29, 0.717) is 11.4 Å². The van der Waals surface area contributed by atoms with E-state index >= 15 is 0 Å². The molecule has 0 spiro atoms. The topological polar surface area (TPSA) is 29.1 Å². The summed E-state index contributed by atoms with van der Waals surface area (Å²) >= 11 is 5.63. The standard InChI is InChI=1S/C13H13ClFNO/c14-10-5-6-12(11(15)8-10)16-13(17)7-9-3-1-2-4-9/h1,3,5-6,8-9H,2,4,7H2,(H,16,17)/t9-/m1/s1. The molecule has 1 aromatic carbocycles. The van der Waals surface area contributed by atoms with Crippen molar-refractivity contribution in [3.8, 4) is 0 Å². The summed E-state index contributed by atoms with van der Waals surface area (Å²) in [6, 6.07) is 4.21. The Balaban J connectivity index is 1.95. The van der Waals surface area contributed by atoms with Crippen LogP contribution in [0.5, 0.6) is 0 Å². The number of benzene rings is 1. The Morgan fingerprint density at radius 1 is 1.53 bits per heavy atom. The average molecular weight is 254 g/mol. The summed E-state index contributed by atoms with van der Waals surface area (Å²) in [5.74, 6) is -0.388. The van der Waals surface area contributed by atoms with Gasteiger partial charge in [0, 0.05) is 11.4 Å². The summed E-state index contributed by atoms with van der Waals surface area (Å²) in [7, 11) is 0. The number of carbonyl (C=O) groups is 1. The lowest BCUT2D eigenvalue weighted by Crippen LogP contribution is -2.15. The lowest BCUT2D eigenvalue weighted by Gasteiger charge is -2.09. The summed E-state index contributed by atoms with van der Waals surface area (Å²) in [5.41, 5.74) is 0.182. The summed E-state index contributed by atoms with van der Waals surface area (Å²) in [6.07, 6.45) is 6.53. The molecule has 90 valence electrons. The molecular formula is C13H13ClFNO. The number of hydrogen-bond donors (Lipinski definition) is 1. The Hall–Kier alpha value is -1.35. The molecule has 0 aliphatic heterocycles. The molecule has 1 N–H and O–H groups in total. The molecule has 0 saturated heterocycles. The first-order chi connectivity index (χ1) is 8.15. The van der Waals surface area contributed by atoms with E-state index in [4.69, 9.17) is 11.6 Å². The summed E-state index contributed by atoms with van der Waals surface area (Å²) in [6.45, 7) is 0. The monoisotopic (exact) mass is 253 g/mol. The second kappa shape index (κ2) is 5.32.